The van der Waals surface area contributed by atoms with Crippen molar-refractivity contribution >= 4 is 103 Å². The van der Waals surface area contributed by atoms with Gasteiger partial charge in [-0.2, -0.15) is 0 Å². The predicted molar refractivity (Wildman–Crippen MR) is 197 cm³/mol. The molecule has 0 bridgehead atoms. The van der Waals surface area contributed by atoms with E-state index in [9.17, 15) is 0 Å². The van der Waals surface area contributed by atoms with Crippen molar-refractivity contribution < 1.29 is 0 Å². The minimum atomic E-state index is 1.20. The molecule has 3 heterocycles. The van der Waals surface area contributed by atoms with Crippen molar-refractivity contribution in [2.75, 3.05) is 0 Å². The maximum atomic E-state index is 2.52. The summed E-state index contributed by atoms with van der Waals surface area (Å²) < 4.78 is 4.99. The molecule has 0 saturated heterocycles. The molecule has 0 unspecified atom stereocenters. The molecule has 3 aromatic heterocycles. The topological polar surface area (TPSA) is 9.34 Å². The van der Waals surface area contributed by atoms with E-state index < -0.39 is 0 Å². The third kappa shape index (κ3) is 2.63. The Balaban J connectivity index is 1.24. The first-order chi connectivity index (χ1) is 22.8. The molecule has 210 valence electrons. The molecule has 0 aliphatic carbocycles. The summed E-state index contributed by atoms with van der Waals surface area (Å²) in [5.41, 5.74) is 7.56. The average Bonchev–Trinajstić information content (AvgIpc) is 3.75. The molecule has 0 aliphatic rings. The summed E-state index contributed by atoms with van der Waals surface area (Å²) in [4.78, 5) is 0. The lowest BCUT2D eigenvalue weighted by Gasteiger charge is -2.14. The Kier molecular flexibility index (Phi) is 4.01. The van der Waals surface area contributed by atoms with Gasteiger partial charge in [-0.25, -0.2) is 0 Å². The van der Waals surface area contributed by atoms with E-state index in [0.29, 0.717) is 0 Å². The Hall–Kier alpha value is -6.12. The third-order valence-corrected chi connectivity index (χ3v) is 10.7. The van der Waals surface area contributed by atoms with Gasteiger partial charge in [0.05, 0.1) is 27.6 Å². The first-order valence-electron chi connectivity index (χ1n) is 16.0. The number of hydrogen-bond donors (Lipinski definition) is 0. The molecule has 12 aromatic rings. The van der Waals surface area contributed by atoms with Crippen LogP contribution in [-0.4, -0.2) is 8.97 Å². The van der Waals surface area contributed by atoms with Crippen LogP contribution in [0.1, 0.15) is 0 Å². The van der Waals surface area contributed by atoms with Crippen LogP contribution in [0.4, 0.5) is 0 Å². The van der Waals surface area contributed by atoms with Crippen LogP contribution in [0.3, 0.4) is 0 Å². The van der Waals surface area contributed by atoms with Gasteiger partial charge in [0.1, 0.15) is 0 Å². The summed E-state index contributed by atoms with van der Waals surface area (Å²) in [5, 5.41) is 18.3. The standard InChI is InChI=1S/C44H24N2/c1-3-13-37-30(9-1)32-11-6-12-33-35-20-19-31-34(44(35)46(37)43(32)33)21-22-39-42(31)36-10-2-4-14-38(36)45(39)29-23-27-17-15-25-7-5-8-26-16-18-28(24-29)41(27)40(25)26/h1-24H. The van der Waals surface area contributed by atoms with Crippen LogP contribution in [-0.2, 0) is 0 Å². The fraction of sp³-hybridized carbons (Fsp3) is 0. The monoisotopic (exact) mass is 580 g/mol. The SMILES string of the molecule is c1cc2ccc3cc(-n4c5ccccc5c5c6ccc7c8cccc9c%10ccccc%10n(c7c6ccc54)c98)cc4ccc(c1)c2c34. The van der Waals surface area contributed by atoms with E-state index in [4.69, 9.17) is 0 Å². The van der Waals surface area contributed by atoms with E-state index in [1.54, 1.807) is 0 Å². The first-order valence-corrected chi connectivity index (χ1v) is 16.0. The van der Waals surface area contributed by atoms with Gasteiger partial charge in [-0.1, -0.05) is 115 Å². The Bertz CT molecular complexity index is 3180. The Morgan fingerprint density at radius 3 is 1.61 bits per heavy atom. The van der Waals surface area contributed by atoms with Gasteiger partial charge in [-0.05, 0) is 68.0 Å². The molecular weight excluding hydrogens is 556 g/mol. The molecule has 0 fully saturated rings. The smallest absolute Gasteiger partial charge is 0.0620 e. The summed E-state index contributed by atoms with van der Waals surface area (Å²) in [6, 6.07) is 54.5. The van der Waals surface area contributed by atoms with Crippen LogP contribution in [0.5, 0.6) is 0 Å². The first kappa shape index (κ1) is 23.3. The van der Waals surface area contributed by atoms with E-state index in [2.05, 4.69) is 155 Å². The molecule has 0 N–H and O–H groups in total. The van der Waals surface area contributed by atoms with Gasteiger partial charge in [0.2, 0.25) is 0 Å². The summed E-state index contributed by atoms with van der Waals surface area (Å²) in [5.74, 6) is 0. The minimum absolute atomic E-state index is 1.20. The van der Waals surface area contributed by atoms with Gasteiger partial charge in [-0.3, -0.25) is 0 Å². The molecule has 9 aromatic carbocycles. The zero-order valence-electron chi connectivity index (χ0n) is 24.8. The van der Waals surface area contributed by atoms with Crippen molar-refractivity contribution in [2.24, 2.45) is 0 Å². The molecule has 0 spiro atoms. The van der Waals surface area contributed by atoms with Gasteiger partial charge in [0, 0.05) is 43.4 Å². The fourth-order valence-corrected chi connectivity index (χ4v) is 8.93. The van der Waals surface area contributed by atoms with Crippen molar-refractivity contribution in [3.8, 4) is 5.69 Å². The van der Waals surface area contributed by atoms with E-state index in [1.165, 1.54) is 109 Å². The van der Waals surface area contributed by atoms with E-state index in [1.807, 2.05) is 0 Å². The number of aromatic nitrogens is 2. The Morgan fingerprint density at radius 2 is 0.826 bits per heavy atom. The third-order valence-electron chi connectivity index (χ3n) is 10.7. The highest BCUT2D eigenvalue weighted by Crippen LogP contribution is 2.45. The van der Waals surface area contributed by atoms with Crippen LogP contribution in [0, 0.1) is 0 Å². The average molecular weight is 581 g/mol. The highest BCUT2D eigenvalue weighted by Gasteiger charge is 2.21. The highest BCUT2D eigenvalue weighted by atomic mass is 15.0. The molecule has 46 heavy (non-hydrogen) atoms. The van der Waals surface area contributed by atoms with Crippen molar-refractivity contribution in [3.05, 3.63) is 146 Å². The molecular formula is C44H24N2. The largest absolute Gasteiger partial charge is 0.309 e. The summed E-state index contributed by atoms with van der Waals surface area (Å²) in [7, 11) is 0. The van der Waals surface area contributed by atoms with Gasteiger partial charge >= 0.3 is 0 Å². The number of hydrogen-bond acceptors (Lipinski definition) is 0. The highest BCUT2D eigenvalue weighted by molar-refractivity contribution is 6.31. The Labute approximate surface area is 262 Å². The molecule has 2 heteroatoms. The van der Waals surface area contributed by atoms with E-state index in [0.717, 1.165) is 0 Å². The number of para-hydroxylation sites is 3. The second-order valence-electron chi connectivity index (χ2n) is 12.9. The normalized spacial score (nSPS) is 12.8. The summed E-state index contributed by atoms with van der Waals surface area (Å²) in [6.45, 7) is 0. The van der Waals surface area contributed by atoms with Crippen LogP contribution < -0.4 is 0 Å². The second kappa shape index (κ2) is 7.93. The maximum absolute atomic E-state index is 2.52. The Morgan fingerprint density at radius 1 is 0.304 bits per heavy atom. The molecule has 0 radical (unpaired) electrons. The molecule has 0 amide bonds. The number of benzene rings is 9. The molecule has 12 rings (SSSR count). The lowest BCUT2D eigenvalue weighted by atomic mass is 9.94. The second-order valence-corrected chi connectivity index (χ2v) is 12.9. The van der Waals surface area contributed by atoms with Gasteiger partial charge in [0.15, 0.2) is 0 Å². The molecule has 2 nitrogen and oxygen atoms in total. The van der Waals surface area contributed by atoms with Crippen molar-refractivity contribution in [1.82, 2.24) is 8.97 Å². The van der Waals surface area contributed by atoms with E-state index >= 15 is 0 Å². The molecule has 0 atom stereocenters. The minimum Gasteiger partial charge on any atom is -0.309 e. The number of fused-ring (bicyclic) bond motifs is 12. The fourth-order valence-electron chi connectivity index (χ4n) is 8.93. The van der Waals surface area contributed by atoms with Crippen molar-refractivity contribution in [3.63, 3.8) is 0 Å². The van der Waals surface area contributed by atoms with Gasteiger partial charge in [0.25, 0.3) is 0 Å². The van der Waals surface area contributed by atoms with Crippen LogP contribution in [0.25, 0.3) is 109 Å². The quantitative estimate of drug-likeness (QED) is 0.171. The zero-order valence-corrected chi connectivity index (χ0v) is 24.8. The van der Waals surface area contributed by atoms with Crippen LogP contribution >= 0.6 is 0 Å². The predicted octanol–water partition coefficient (Wildman–Crippen LogP) is 12.0. The number of nitrogens with zero attached hydrogens (tertiary/aromatic N) is 2. The van der Waals surface area contributed by atoms with Crippen LogP contribution in [0.15, 0.2) is 146 Å². The summed E-state index contributed by atoms with van der Waals surface area (Å²) in [6.07, 6.45) is 0. The zero-order chi connectivity index (χ0) is 29.7. The van der Waals surface area contributed by atoms with E-state index in [-0.39, 0.29) is 0 Å². The maximum Gasteiger partial charge on any atom is 0.0620 e. The number of rotatable bonds is 1. The lowest BCUT2D eigenvalue weighted by molar-refractivity contribution is 1.19. The van der Waals surface area contributed by atoms with Gasteiger partial charge < -0.3 is 8.97 Å². The van der Waals surface area contributed by atoms with Crippen LogP contribution in [0.2, 0.25) is 0 Å². The molecule has 0 aliphatic heterocycles. The molecule has 0 saturated carbocycles. The van der Waals surface area contributed by atoms with Crippen molar-refractivity contribution in [1.29, 1.82) is 0 Å². The lowest BCUT2D eigenvalue weighted by Crippen LogP contribution is -1.95. The van der Waals surface area contributed by atoms with Gasteiger partial charge in [-0.15, -0.1) is 0 Å². The van der Waals surface area contributed by atoms with Crippen molar-refractivity contribution in [2.45, 2.75) is 0 Å². The summed E-state index contributed by atoms with van der Waals surface area (Å²) >= 11 is 0.